The molecule has 3 aromatic rings. The minimum absolute atomic E-state index is 0.0602. The summed E-state index contributed by atoms with van der Waals surface area (Å²) in [6.07, 6.45) is 1.58. The highest BCUT2D eigenvalue weighted by atomic mass is 32.1. The van der Waals surface area contributed by atoms with Gasteiger partial charge in [-0.1, -0.05) is 23.5 Å². The zero-order valence-electron chi connectivity index (χ0n) is 11.7. The number of aryl methyl sites for hydroxylation is 1. The van der Waals surface area contributed by atoms with Crippen LogP contribution in [0, 0.1) is 10.1 Å². The molecule has 6 nitrogen and oxygen atoms in total. The standard InChI is InChI=1S/C15H12N4O2S/c1-18-13-4-2-3-5-14(13)22-15(18)17-16-10-11-6-8-12(9-7-11)19(20)21/h2-10H,1H3/b16-10+,17-15+. The van der Waals surface area contributed by atoms with E-state index >= 15 is 0 Å². The number of nitrogens with zero attached hydrogens (tertiary/aromatic N) is 4. The zero-order chi connectivity index (χ0) is 15.5. The highest BCUT2D eigenvalue weighted by Crippen LogP contribution is 2.15. The molecule has 0 unspecified atom stereocenters. The van der Waals surface area contributed by atoms with Gasteiger partial charge in [-0.3, -0.25) is 10.1 Å². The molecular weight excluding hydrogens is 300 g/mol. The van der Waals surface area contributed by atoms with Gasteiger partial charge in [0.2, 0.25) is 4.80 Å². The third kappa shape index (κ3) is 2.79. The van der Waals surface area contributed by atoms with Gasteiger partial charge in [-0.2, -0.15) is 5.10 Å². The molecule has 0 bridgehead atoms. The molecule has 3 rings (SSSR count). The van der Waals surface area contributed by atoms with Crippen LogP contribution in [-0.4, -0.2) is 15.7 Å². The van der Waals surface area contributed by atoms with Crippen molar-refractivity contribution >= 4 is 33.5 Å². The maximum Gasteiger partial charge on any atom is 0.269 e. The lowest BCUT2D eigenvalue weighted by atomic mass is 10.2. The predicted molar refractivity (Wildman–Crippen MR) is 87.0 cm³/mol. The predicted octanol–water partition coefficient (Wildman–Crippen LogP) is 3.08. The Balaban J connectivity index is 1.88. The van der Waals surface area contributed by atoms with E-state index in [1.54, 1.807) is 29.7 Å². The quantitative estimate of drug-likeness (QED) is 0.423. The molecule has 0 saturated heterocycles. The number of non-ortho nitro benzene ring substituents is 1. The smallest absolute Gasteiger partial charge is 0.269 e. The molecule has 22 heavy (non-hydrogen) atoms. The van der Waals surface area contributed by atoms with Gasteiger partial charge in [0.05, 0.1) is 21.4 Å². The average molecular weight is 312 g/mol. The minimum atomic E-state index is -0.428. The Hall–Kier alpha value is -2.80. The Morgan fingerprint density at radius 3 is 2.59 bits per heavy atom. The topological polar surface area (TPSA) is 72.8 Å². The van der Waals surface area contributed by atoms with E-state index in [4.69, 9.17) is 0 Å². The summed E-state index contributed by atoms with van der Waals surface area (Å²) in [7, 11) is 1.94. The molecule has 0 aliphatic heterocycles. The van der Waals surface area contributed by atoms with Gasteiger partial charge in [0.15, 0.2) is 0 Å². The number of para-hydroxylation sites is 1. The molecular formula is C15H12N4O2S. The van der Waals surface area contributed by atoms with E-state index in [9.17, 15) is 10.1 Å². The molecule has 0 amide bonds. The van der Waals surface area contributed by atoms with Crippen LogP contribution in [0.4, 0.5) is 5.69 Å². The average Bonchev–Trinajstić information content (AvgIpc) is 2.85. The fourth-order valence-corrected chi connectivity index (χ4v) is 2.98. The van der Waals surface area contributed by atoms with E-state index in [1.807, 2.05) is 35.9 Å². The molecule has 1 aromatic heterocycles. The number of nitro groups is 1. The first-order chi connectivity index (χ1) is 10.6. The summed E-state index contributed by atoms with van der Waals surface area (Å²) in [4.78, 5) is 10.9. The van der Waals surface area contributed by atoms with Gasteiger partial charge in [-0.25, -0.2) is 0 Å². The first kappa shape index (κ1) is 14.2. The number of fused-ring (bicyclic) bond motifs is 1. The van der Waals surface area contributed by atoms with Crippen molar-refractivity contribution in [1.29, 1.82) is 0 Å². The molecule has 7 heteroatoms. The molecule has 110 valence electrons. The summed E-state index contributed by atoms with van der Waals surface area (Å²) in [6.45, 7) is 0. The van der Waals surface area contributed by atoms with Crippen molar-refractivity contribution in [1.82, 2.24) is 4.57 Å². The van der Waals surface area contributed by atoms with Crippen LogP contribution in [0.1, 0.15) is 5.56 Å². The Labute approximate surface area is 129 Å². The summed E-state index contributed by atoms with van der Waals surface area (Å²) in [6, 6.07) is 14.2. The number of aromatic nitrogens is 1. The molecule has 0 saturated carbocycles. The Bertz CT molecular complexity index is 923. The number of hydrogen-bond acceptors (Lipinski definition) is 5. The normalized spacial score (nSPS) is 12.3. The second-order valence-electron chi connectivity index (χ2n) is 4.60. The van der Waals surface area contributed by atoms with Gasteiger partial charge in [0, 0.05) is 19.2 Å². The van der Waals surface area contributed by atoms with Gasteiger partial charge < -0.3 is 4.57 Å². The largest absolute Gasteiger partial charge is 0.318 e. The number of benzene rings is 2. The maximum atomic E-state index is 10.6. The van der Waals surface area contributed by atoms with Crippen molar-refractivity contribution in [2.24, 2.45) is 17.3 Å². The van der Waals surface area contributed by atoms with Crippen LogP contribution in [-0.2, 0) is 7.05 Å². The van der Waals surface area contributed by atoms with Crippen LogP contribution in [0.5, 0.6) is 0 Å². The third-order valence-corrected chi connectivity index (χ3v) is 4.27. The fraction of sp³-hybridized carbons (Fsp3) is 0.0667. The summed E-state index contributed by atoms with van der Waals surface area (Å²) >= 11 is 1.56. The number of rotatable bonds is 3. The van der Waals surface area contributed by atoms with Crippen LogP contribution in [0.25, 0.3) is 10.2 Å². The van der Waals surface area contributed by atoms with Crippen LogP contribution >= 0.6 is 11.3 Å². The van der Waals surface area contributed by atoms with Crippen molar-refractivity contribution in [3.05, 3.63) is 69.0 Å². The lowest BCUT2D eigenvalue weighted by Gasteiger charge is -1.93. The summed E-state index contributed by atoms with van der Waals surface area (Å²) in [5, 5.41) is 18.9. The van der Waals surface area contributed by atoms with Crippen LogP contribution in [0.2, 0.25) is 0 Å². The fourth-order valence-electron chi connectivity index (χ4n) is 2.00. The minimum Gasteiger partial charge on any atom is -0.318 e. The van der Waals surface area contributed by atoms with Crippen molar-refractivity contribution in [2.75, 3.05) is 0 Å². The zero-order valence-corrected chi connectivity index (χ0v) is 12.5. The van der Waals surface area contributed by atoms with Gasteiger partial charge in [-0.15, -0.1) is 5.10 Å². The van der Waals surface area contributed by atoms with Crippen LogP contribution < -0.4 is 4.80 Å². The third-order valence-electron chi connectivity index (χ3n) is 3.17. The molecule has 0 radical (unpaired) electrons. The highest BCUT2D eigenvalue weighted by molar-refractivity contribution is 7.16. The van der Waals surface area contributed by atoms with E-state index < -0.39 is 4.92 Å². The monoisotopic (exact) mass is 312 g/mol. The highest BCUT2D eigenvalue weighted by Gasteiger charge is 2.02. The maximum absolute atomic E-state index is 10.6. The van der Waals surface area contributed by atoms with Crippen molar-refractivity contribution in [2.45, 2.75) is 0 Å². The second kappa shape index (κ2) is 5.90. The van der Waals surface area contributed by atoms with Gasteiger partial charge >= 0.3 is 0 Å². The summed E-state index contributed by atoms with van der Waals surface area (Å²) in [5.41, 5.74) is 1.93. The molecule has 0 N–H and O–H groups in total. The first-order valence-electron chi connectivity index (χ1n) is 6.51. The lowest BCUT2D eigenvalue weighted by Crippen LogP contribution is -2.08. The molecule has 0 atom stereocenters. The van der Waals surface area contributed by atoms with E-state index in [0.29, 0.717) is 0 Å². The van der Waals surface area contributed by atoms with Gasteiger partial charge in [0.25, 0.3) is 5.69 Å². The number of nitro benzene ring substituents is 1. The van der Waals surface area contributed by atoms with Crippen LogP contribution in [0.3, 0.4) is 0 Å². The second-order valence-corrected chi connectivity index (χ2v) is 5.61. The van der Waals surface area contributed by atoms with Gasteiger partial charge in [-0.05, 0) is 29.8 Å². The van der Waals surface area contributed by atoms with E-state index in [2.05, 4.69) is 10.2 Å². The molecule has 0 aliphatic carbocycles. The van der Waals surface area contributed by atoms with Crippen molar-refractivity contribution in [3.63, 3.8) is 0 Å². The van der Waals surface area contributed by atoms with E-state index in [-0.39, 0.29) is 5.69 Å². The molecule has 0 spiro atoms. The van der Waals surface area contributed by atoms with E-state index in [1.165, 1.54) is 12.1 Å². The molecule has 0 aliphatic rings. The molecule has 1 heterocycles. The first-order valence-corrected chi connectivity index (χ1v) is 7.33. The lowest BCUT2D eigenvalue weighted by molar-refractivity contribution is -0.384. The Morgan fingerprint density at radius 1 is 1.18 bits per heavy atom. The number of hydrogen-bond donors (Lipinski definition) is 0. The molecule has 2 aromatic carbocycles. The van der Waals surface area contributed by atoms with Crippen molar-refractivity contribution < 1.29 is 4.92 Å². The number of thiazole rings is 1. The summed E-state index contributed by atoms with van der Waals surface area (Å²) < 4.78 is 3.13. The van der Waals surface area contributed by atoms with Crippen LogP contribution in [0.15, 0.2) is 58.7 Å². The SMILES string of the molecule is Cn1/c(=N\N=C\c2ccc([N+](=O)[O-])cc2)sc2ccccc21. The Kier molecular flexibility index (Phi) is 3.80. The van der Waals surface area contributed by atoms with E-state index in [0.717, 1.165) is 20.6 Å². The van der Waals surface area contributed by atoms with Gasteiger partial charge in [0.1, 0.15) is 0 Å². The summed E-state index contributed by atoms with van der Waals surface area (Å²) in [5.74, 6) is 0. The Morgan fingerprint density at radius 2 is 1.91 bits per heavy atom. The van der Waals surface area contributed by atoms with Crippen molar-refractivity contribution in [3.8, 4) is 0 Å². The molecule has 0 fully saturated rings.